The molecular weight excluding hydrogens is 381 g/mol. The predicted molar refractivity (Wildman–Crippen MR) is 111 cm³/mol. The molecule has 1 N–H and O–H groups in total. The number of nitrogens with one attached hydrogen (secondary N) is 1. The van der Waals surface area contributed by atoms with Gasteiger partial charge in [-0.2, -0.15) is 0 Å². The average molecular weight is 398 g/mol. The molecule has 0 saturated carbocycles. The molecule has 0 aliphatic carbocycles. The molecule has 0 amide bonds. The molecule has 27 heavy (non-hydrogen) atoms. The zero-order chi connectivity index (χ0) is 19.2. The van der Waals surface area contributed by atoms with Crippen LogP contribution in [0.15, 0.2) is 71.7 Å². The number of Topliss-reactive ketones (excluding diaryl/α,β-unsaturated/α-hetero) is 1. The lowest BCUT2D eigenvalue weighted by Gasteiger charge is -2.12. The van der Waals surface area contributed by atoms with Gasteiger partial charge in [-0.1, -0.05) is 59.6 Å². The van der Waals surface area contributed by atoms with Gasteiger partial charge in [-0.15, -0.1) is 0 Å². The maximum absolute atomic E-state index is 13.0. The number of hydrogen-bond acceptors (Lipinski definition) is 3. The fraction of sp³-hybridized carbons (Fsp3) is 0.0952. The van der Waals surface area contributed by atoms with Crippen LogP contribution < -0.4 is 5.32 Å². The van der Waals surface area contributed by atoms with Crippen molar-refractivity contribution >= 4 is 46.2 Å². The third-order valence-electron chi connectivity index (χ3n) is 3.90. The van der Waals surface area contributed by atoms with E-state index in [0.29, 0.717) is 16.4 Å². The molecule has 136 valence electrons. The third-order valence-corrected chi connectivity index (χ3v) is 4.41. The molecule has 6 heteroatoms. The van der Waals surface area contributed by atoms with Gasteiger partial charge in [0.15, 0.2) is 5.84 Å². The van der Waals surface area contributed by atoms with E-state index < -0.39 is 0 Å². The first-order valence-corrected chi connectivity index (χ1v) is 9.09. The Bertz CT molecular complexity index is 950. The lowest BCUT2D eigenvalue weighted by molar-refractivity contribution is -0.112. The number of carbonyl (C=O) groups excluding carboxylic acids is 1. The summed E-state index contributed by atoms with van der Waals surface area (Å²) in [5.74, 6) is 0.0367. The van der Waals surface area contributed by atoms with E-state index in [9.17, 15) is 4.79 Å². The summed E-state index contributed by atoms with van der Waals surface area (Å²) in [7, 11) is 0. The number of ketones is 1. The number of rotatable bonds is 5. The molecule has 3 rings (SSSR count). The molecule has 3 aromatic rings. The quantitative estimate of drug-likeness (QED) is 0.343. The molecule has 0 spiro atoms. The normalized spacial score (nSPS) is 11.3. The second kappa shape index (κ2) is 8.80. The van der Waals surface area contributed by atoms with Gasteiger partial charge in [0.1, 0.15) is 10.3 Å². The number of pyridine rings is 1. The molecule has 0 aliphatic heterocycles. The zero-order valence-corrected chi connectivity index (χ0v) is 16.1. The van der Waals surface area contributed by atoms with Gasteiger partial charge < -0.3 is 5.32 Å². The van der Waals surface area contributed by atoms with E-state index in [1.54, 1.807) is 6.07 Å². The highest BCUT2D eigenvalue weighted by atomic mass is 35.5. The van der Waals surface area contributed by atoms with E-state index in [1.165, 1.54) is 0 Å². The Morgan fingerprint density at radius 2 is 1.67 bits per heavy atom. The number of carbonyl (C=O) groups is 1. The largest absolute Gasteiger partial charge is 0.337 e. The van der Waals surface area contributed by atoms with Crippen LogP contribution in [0, 0.1) is 6.92 Å². The molecule has 0 unspecified atom stereocenters. The van der Waals surface area contributed by atoms with Crippen LogP contribution >= 0.6 is 23.2 Å². The minimum Gasteiger partial charge on any atom is -0.337 e. The van der Waals surface area contributed by atoms with Gasteiger partial charge in [0, 0.05) is 17.7 Å². The minimum absolute atomic E-state index is 0.0698. The number of halogens is 2. The van der Waals surface area contributed by atoms with Crippen LogP contribution in [0.25, 0.3) is 0 Å². The Kier molecular flexibility index (Phi) is 6.22. The van der Waals surface area contributed by atoms with Gasteiger partial charge in [-0.3, -0.25) is 4.79 Å². The molecular formula is C21H17Cl2N3O. The summed E-state index contributed by atoms with van der Waals surface area (Å²) in [6.45, 7) is 1.85. The molecule has 4 nitrogen and oxygen atoms in total. The Hall–Kier alpha value is -2.69. The van der Waals surface area contributed by atoms with Crippen molar-refractivity contribution in [3.63, 3.8) is 0 Å². The van der Waals surface area contributed by atoms with Crippen molar-refractivity contribution in [3.05, 3.63) is 88.2 Å². The van der Waals surface area contributed by atoms with Gasteiger partial charge in [-0.25, -0.2) is 9.98 Å². The highest BCUT2D eigenvalue weighted by Gasteiger charge is 2.17. The number of benzene rings is 2. The summed E-state index contributed by atoms with van der Waals surface area (Å²) in [5.41, 5.74) is 2.91. The second-order valence-corrected chi connectivity index (χ2v) is 6.66. The van der Waals surface area contributed by atoms with E-state index in [1.807, 2.05) is 67.6 Å². The monoisotopic (exact) mass is 397 g/mol. The van der Waals surface area contributed by atoms with Crippen LogP contribution in [0.4, 0.5) is 11.4 Å². The van der Waals surface area contributed by atoms with Gasteiger partial charge >= 0.3 is 0 Å². The number of aryl methyl sites for hydroxylation is 1. The lowest BCUT2D eigenvalue weighted by Crippen LogP contribution is -2.25. The van der Waals surface area contributed by atoms with Gasteiger partial charge in [0.2, 0.25) is 5.78 Å². The van der Waals surface area contributed by atoms with Gasteiger partial charge in [-0.05, 0) is 42.8 Å². The SMILES string of the molecule is Cc1cc(Cl)nc(Cl)c1CC(=O)C(=Nc1ccccc1)Nc1ccccc1. The molecule has 1 aromatic heterocycles. The average Bonchev–Trinajstić information content (AvgIpc) is 2.65. The van der Waals surface area contributed by atoms with Crippen LogP contribution in [0.3, 0.4) is 0 Å². The molecule has 0 bridgehead atoms. The molecule has 0 saturated heterocycles. The summed E-state index contributed by atoms with van der Waals surface area (Å²) in [6, 6.07) is 20.4. The third kappa shape index (κ3) is 5.16. The first-order valence-electron chi connectivity index (χ1n) is 8.33. The van der Waals surface area contributed by atoms with E-state index >= 15 is 0 Å². The Labute approximate surface area is 167 Å². The van der Waals surface area contributed by atoms with E-state index in [-0.39, 0.29) is 23.2 Å². The van der Waals surface area contributed by atoms with E-state index in [4.69, 9.17) is 23.2 Å². The number of nitrogens with zero attached hydrogens (tertiary/aromatic N) is 2. The smallest absolute Gasteiger partial charge is 0.202 e. The van der Waals surface area contributed by atoms with Crippen LogP contribution in [-0.2, 0) is 11.2 Å². The first-order chi connectivity index (χ1) is 13.0. The zero-order valence-electron chi connectivity index (χ0n) is 14.6. The summed E-state index contributed by atoms with van der Waals surface area (Å²) in [6.07, 6.45) is 0.0698. The summed E-state index contributed by atoms with van der Waals surface area (Å²) >= 11 is 12.1. The molecule has 2 aromatic carbocycles. The lowest BCUT2D eigenvalue weighted by atomic mass is 10.1. The van der Waals surface area contributed by atoms with Crippen LogP contribution in [-0.4, -0.2) is 16.6 Å². The van der Waals surface area contributed by atoms with Crippen molar-refractivity contribution in [3.8, 4) is 0 Å². The van der Waals surface area contributed by atoms with Crippen LogP contribution in [0.5, 0.6) is 0 Å². The van der Waals surface area contributed by atoms with Crippen molar-refractivity contribution in [2.45, 2.75) is 13.3 Å². The van der Waals surface area contributed by atoms with Gasteiger partial charge in [0.05, 0.1) is 5.69 Å². The number of para-hydroxylation sites is 2. The van der Waals surface area contributed by atoms with E-state index in [0.717, 1.165) is 11.3 Å². The molecule has 0 fully saturated rings. The fourth-order valence-electron chi connectivity index (χ4n) is 2.53. The number of amidine groups is 1. The highest BCUT2D eigenvalue weighted by molar-refractivity contribution is 6.44. The van der Waals surface area contributed by atoms with Crippen molar-refractivity contribution in [2.75, 3.05) is 5.32 Å². The Balaban J connectivity index is 1.93. The highest BCUT2D eigenvalue weighted by Crippen LogP contribution is 2.23. The number of aliphatic imine (C=N–C) groups is 1. The van der Waals surface area contributed by atoms with Crippen LogP contribution in [0.2, 0.25) is 10.3 Å². The first kappa shape index (κ1) is 19.1. The van der Waals surface area contributed by atoms with Crippen molar-refractivity contribution in [1.82, 2.24) is 4.98 Å². The number of hydrogen-bond donors (Lipinski definition) is 1. The molecule has 0 atom stereocenters. The molecule has 1 heterocycles. The Morgan fingerprint density at radius 3 is 2.30 bits per heavy atom. The maximum Gasteiger partial charge on any atom is 0.202 e. The number of aromatic nitrogens is 1. The standard InChI is InChI=1S/C21H17Cl2N3O/c1-14-12-19(22)26-20(23)17(14)13-18(27)21(24-15-8-4-2-5-9-15)25-16-10-6-3-7-11-16/h2-12H,13H2,1H3,(H,24,25). The van der Waals surface area contributed by atoms with Crippen molar-refractivity contribution in [2.24, 2.45) is 4.99 Å². The maximum atomic E-state index is 13.0. The Morgan fingerprint density at radius 1 is 1.04 bits per heavy atom. The van der Waals surface area contributed by atoms with Crippen LogP contribution in [0.1, 0.15) is 11.1 Å². The fourth-order valence-corrected chi connectivity index (χ4v) is 3.13. The van der Waals surface area contributed by atoms with E-state index in [2.05, 4.69) is 15.3 Å². The summed E-state index contributed by atoms with van der Waals surface area (Å²) in [5, 5.41) is 3.64. The second-order valence-electron chi connectivity index (χ2n) is 5.92. The summed E-state index contributed by atoms with van der Waals surface area (Å²) in [4.78, 5) is 21.5. The molecule has 0 radical (unpaired) electrons. The van der Waals surface area contributed by atoms with Gasteiger partial charge in [0.25, 0.3) is 0 Å². The number of anilines is 1. The topological polar surface area (TPSA) is 54.4 Å². The summed E-state index contributed by atoms with van der Waals surface area (Å²) < 4.78 is 0. The van der Waals surface area contributed by atoms with Crippen molar-refractivity contribution in [1.29, 1.82) is 0 Å². The minimum atomic E-state index is -0.197. The predicted octanol–water partition coefficient (Wildman–Crippen LogP) is 5.65. The van der Waals surface area contributed by atoms with Crippen molar-refractivity contribution < 1.29 is 4.79 Å². The molecule has 0 aliphatic rings.